The van der Waals surface area contributed by atoms with Crippen LogP contribution in [0, 0.1) is 6.92 Å². The molecular formula is C19H18F3N3O2. The second-order valence-corrected chi connectivity index (χ2v) is 5.98. The first kappa shape index (κ1) is 18.6. The monoisotopic (exact) mass is 377 g/mol. The Kier molecular flexibility index (Phi) is 5.25. The van der Waals surface area contributed by atoms with Gasteiger partial charge >= 0.3 is 6.36 Å². The first-order valence-corrected chi connectivity index (χ1v) is 8.16. The van der Waals surface area contributed by atoms with Crippen molar-refractivity contribution in [2.45, 2.75) is 19.3 Å². The van der Waals surface area contributed by atoms with Crippen LogP contribution < -0.4 is 15.8 Å². The Labute approximate surface area is 154 Å². The number of nitrogens with zero attached hydrogens (tertiary/aromatic N) is 1. The average molecular weight is 377 g/mol. The maximum Gasteiger partial charge on any atom is 0.573 e. The molecule has 0 amide bonds. The number of anilines is 2. The van der Waals surface area contributed by atoms with Crippen LogP contribution in [0.1, 0.15) is 11.1 Å². The van der Waals surface area contributed by atoms with Crippen molar-refractivity contribution in [1.29, 1.82) is 0 Å². The van der Waals surface area contributed by atoms with Crippen LogP contribution in [0.2, 0.25) is 0 Å². The molecule has 1 aliphatic heterocycles. The Hall–Kier alpha value is -3.16. The summed E-state index contributed by atoms with van der Waals surface area (Å²) in [4.78, 5) is 4.11. The van der Waals surface area contributed by atoms with E-state index in [1.54, 1.807) is 13.0 Å². The van der Waals surface area contributed by atoms with Crippen molar-refractivity contribution in [2.75, 3.05) is 11.9 Å². The zero-order valence-electron chi connectivity index (χ0n) is 14.5. The Morgan fingerprint density at radius 3 is 2.48 bits per heavy atom. The largest absolute Gasteiger partial charge is 0.573 e. The molecular weight excluding hydrogens is 359 g/mol. The SMILES string of the molecule is Cc1cc(Nc2ccc(C=C[C@H]3COC(N)=N3)cc2)ccc1OC(F)(F)F. The summed E-state index contributed by atoms with van der Waals surface area (Å²) in [5, 5.41) is 3.15. The molecule has 2 aromatic rings. The van der Waals surface area contributed by atoms with Gasteiger partial charge in [-0.05, 0) is 48.4 Å². The normalized spacial score (nSPS) is 16.9. The van der Waals surface area contributed by atoms with E-state index in [9.17, 15) is 13.2 Å². The van der Waals surface area contributed by atoms with E-state index in [0.717, 1.165) is 11.3 Å². The van der Waals surface area contributed by atoms with E-state index < -0.39 is 6.36 Å². The fraction of sp³-hybridized carbons (Fsp3) is 0.211. The highest BCUT2D eigenvalue weighted by Crippen LogP contribution is 2.29. The van der Waals surface area contributed by atoms with Gasteiger partial charge in [-0.15, -0.1) is 13.2 Å². The van der Waals surface area contributed by atoms with E-state index in [4.69, 9.17) is 10.5 Å². The van der Waals surface area contributed by atoms with Gasteiger partial charge in [0, 0.05) is 11.4 Å². The average Bonchev–Trinajstić information content (AvgIpc) is 3.01. The molecule has 0 fully saturated rings. The second kappa shape index (κ2) is 7.61. The van der Waals surface area contributed by atoms with Crippen molar-refractivity contribution >= 4 is 23.5 Å². The number of aryl methyl sites for hydroxylation is 1. The number of aliphatic imine (C=N–C) groups is 1. The highest BCUT2D eigenvalue weighted by atomic mass is 19.4. The number of rotatable bonds is 5. The predicted octanol–water partition coefficient (Wildman–Crippen LogP) is 4.36. The van der Waals surface area contributed by atoms with Crippen molar-refractivity contribution in [3.8, 4) is 5.75 Å². The predicted molar refractivity (Wildman–Crippen MR) is 98.0 cm³/mol. The highest BCUT2D eigenvalue weighted by Gasteiger charge is 2.31. The number of benzene rings is 2. The van der Waals surface area contributed by atoms with Crippen LogP contribution in [0.25, 0.3) is 6.08 Å². The van der Waals surface area contributed by atoms with Crippen LogP contribution >= 0.6 is 0 Å². The molecule has 1 atom stereocenters. The Bertz CT molecular complexity index is 861. The Morgan fingerprint density at radius 1 is 1.19 bits per heavy atom. The van der Waals surface area contributed by atoms with E-state index in [1.807, 2.05) is 36.4 Å². The zero-order valence-corrected chi connectivity index (χ0v) is 14.5. The number of alkyl halides is 3. The number of nitrogens with one attached hydrogen (secondary N) is 1. The molecule has 0 saturated heterocycles. The van der Waals surface area contributed by atoms with Crippen LogP contribution in [0.4, 0.5) is 24.5 Å². The summed E-state index contributed by atoms with van der Waals surface area (Å²) < 4.78 is 46.0. The van der Waals surface area contributed by atoms with Crippen LogP contribution in [0.5, 0.6) is 5.75 Å². The molecule has 1 heterocycles. The van der Waals surface area contributed by atoms with Gasteiger partial charge in [-0.3, -0.25) is 0 Å². The number of ether oxygens (including phenoxy) is 2. The van der Waals surface area contributed by atoms with Crippen LogP contribution in [0.15, 0.2) is 53.5 Å². The van der Waals surface area contributed by atoms with Gasteiger partial charge in [0.2, 0.25) is 0 Å². The van der Waals surface area contributed by atoms with Crippen molar-refractivity contribution in [1.82, 2.24) is 0 Å². The third-order valence-electron chi connectivity index (χ3n) is 3.81. The van der Waals surface area contributed by atoms with Crippen molar-refractivity contribution < 1.29 is 22.6 Å². The lowest BCUT2D eigenvalue weighted by atomic mass is 10.1. The van der Waals surface area contributed by atoms with E-state index in [2.05, 4.69) is 15.0 Å². The van der Waals surface area contributed by atoms with Gasteiger partial charge in [0.15, 0.2) is 0 Å². The number of halogens is 3. The van der Waals surface area contributed by atoms with Crippen molar-refractivity contribution in [3.63, 3.8) is 0 Å². The maximum atomic E-state index is 12.3. The molecule has 5 nitrogen and oxygen atoms in total. The molecule has 0 saturated carbocycles. The van der Waals surface area contributed by atoms with Crippen LogP contribution in [-0.2, 0) is 4.74 Å². The first-order chi connectivity index (χ1) is 12.8. The number of nitrogens with two attached hydrogens (primary N) is 1. The molecule has 2 aromatic carbocycles. The summed E-state index contributed by atoms with van der Waals surface area (Å²) in [6.07, 6.45) is -0.872. The molecule has 0 bridgehead atoms. The standard InChI is InChI=1S/C19H18F3N3O2/c1-12-10-15(8-9-17(12)27-19(20,21)22)24-14-5-2-13(3-6-14)4-7-16-11-26-18(23)25-16/h2-10,16,24H,11H2,1H3,(H2,23,25)/t16-/m0/s1. The molecule has 1 aliphatic rings. The Morgan fingerprint density at radius 2 is 1.89 bits per heavy atom. The third kappa shape index (κ3) is 5.40. The molecule has 8 heteroatoms. The smallest absolute Gasteiger partial charge is 0.463 e. The molecule has 0 aliphatic carbocycles. The van der Waals surface area contributed by atoms with E-state index in [0.29, 0.717) is 17.9 Å². The lowest BCUT2D eigenvalue weighted by Gasteiger charge is -2.13. The highest BCUT2D eigenvalue weighted by molar-refractivity contribution is 5.73. The van der Waals surface area contributed by atoms with Crippen LogP contribution in [0.3, 0.4) is 0 Å². The summed E-state index contributed by atoms with van der Waals surface area (Å²) in [6, 6.07) is 12.1. The zero-order chi connectivity index (χ0) is 19.4. The van der Waals surface area contributed by atoms with Crippen LogP contribution in [-0.4, -0.2) is 25.0 Å². The summed E-state index contributed by atoms with van der Waals surface area (Å²) in [5.74, 6) is -0.215. The summed E-state index contributed by atoms with van der Waals surface area (Å²) >= 11 is 0. The number of hydrogen-bond donors (Lipinski definition) is 2. The van der Waals surface area contributed by atoms with Gasteiger partial charge in [0.1, 0.15) is 18.4 Å². The minimum Gasteiger partial charge on any atom is -0.463 e. The summed E-state index contributed by atoms with van der Waals surface area (Å²) in [6.45, 7) is 2.00. The number of hydrogen-bond acceptors (Lipinski definition) is 5. The maximum absolute atomic E-state index is 12.3. The van der Waals surface area contributed by atoms with Gasteiger partial charge in [0.05, 0.1) is 0 Å². The minimum absolute atomic E-state index is 0.0804. The third-order valence-corrected chi connectivity index (χ3v) is 3.81. The van der Waals surface area contributed by atoms with Gasteiger partial charge in [-0.25, -0.2) is 4.99 Å². The molecule has 3 rings (SSSR count). The summed E-state index contributed by atoms with van der Waals surface area (Å²) in [7, 11) is 0. The molecule has 142 valence electrons. The van der Waals surface area contributed by atoms with Gasteiger partial charge in [0.25, 0.3) is 6.02 Å². The van der Waals surface area contributed by atoms with E-state index >= 15 is 0 Å². The molecule has 0 spiro atoms. The fourth-order valence-corrected chi connectivity index (χ4v) is 2.54. The van der Waals surface area contributed by atoms with Gasteiger partial charge in [-0.2, -0.15) is 0 Å². The van der Waals surface area contributed by atoms with Crippen molar-refractivity contribution in [3.05, 3.63) is 59.7 Å². The molecule has 0 unspecified atom stereocenters. The lowest BCUT2D eigenvalue weighted by molar-refractivity contribution is -0.274. The van der Waals surface area contributed by atoms with Gasteiger partial charge in [-0.1, -0.05) is 24.3 Å². The van der Waals surface area contributed by atoms with Gasteiger partial charge < -0.3 is 20.5 Å². The Balaban J connectivity index is 1.63. The number of amidine groups is 1. The first-order valence-electron chi connectivity index (χ1n) is 8.16. The second-order valence-electron chi connectivity index (χ2n) is 5.98. The minimum atomic E-state index is -4.70. The molecule has 3 N–H and O–H groups in total. The fourth-order valence-electron chi connectivity index (χ4n) is 2.54. The molecule has 0 radical (unpaired) electrons. The summed E-state index contributed by atoms with van der Waals surface area (Å²) in [5.41, 5.74) is 8.30. The topological polar surface area (TPSA) is 68.9 Å². The quantitative estimate of drug-likeness (QED) is 0.812. The van der Waals surface area contributed by atoms with E-state index in [-0.39, 0.29) is 17.8 Å². The molecule has 27 heavy (non-hydrogen) atoms. The lowest BCUT2D eigenvalue weighted by Crippen LogP contribution is -2.17. The van der Waals surface area contributed by atoms with E-state index in [1.165, 1.54) is 12.1 Å². The van der Waals surface area contributed by atoms with Crippen molar-refractivity contribution in [2.24, 2.45) is 10.7 Å². The molecule has 0 aromatic heterocycles.